The predicted octanol–water partition coefficient (Wildman–Crippen LogP) is 1.10. The summed E-state index contributed by atoms with van der Waals surface area (Å²) in [5.74, 6) is 1.25. The molecule has 2 N–H and O–H groups in total. The summed E-state index contributed by atoms with van der Waals surface area (Å²) in [6.07, 6.45) is 4.07. The van der Waals surface area contributed by atoms with Crippen LogP contribution in [0.3, 0.4) is 0 Å². The van der Waals surface area contributed by atoms with Crippen molar-refractivity contribution in [3.63, 3.8) is 0 Å². The molecule has 0 aliphatic carbocycles. The van der Waals surface area contributed by atoms with Crippen molar-refractivity contribution in [2.75, 3.05) is 38.6 Å². The SMILES string of the molecule is CN=C(NCCC(=O)Nc1cccc(C)n1)N1CCOC(c2cnn(C)c2)C1. The zero-order valence-electron chi connectivity index (χ0n) is 16.6. The normalized spacial score (nSPS) is 17.5. The van der Waals surface area contributed by atoms with Crippen molar-refractivity contribution in [2.45, 2.75) is 19.4 Å². The van der Waals surface area contributed by atoms with Crippen LogP contribution in [0, 0.1) is 6.92 Å². The van der Waals surface area contributed by atoms with Crippen molar-refractivity contribution in [1.29, 1.82) is 0 Å². The van der Waals surface area contributed by atoms with Gasteiger partial charge in [0.05, 0.1) is 19.3 Å². The monoisotopic (exact) mass is 385 g/mol. The number of amides is 1. The summed E-state index contributed by atoms with van der Waals surface area (Å²) in [4.78, 5) is 22.9. The van der Waals surface area contributed by atoms with Gasteiger partial charge >= 0.3 is 0 Å². The molecule has 3 rings (SSSR count). The van der Waals surface area contributed by atoms with E-state index in [0.29, 0.717) is 31.9 Å². The minimum atomic E-state index is -0.0868. The van der Waals surface area contributed by atoms with Crippen molar-refractivity contribution < 1.29 is 9.53 Å². The molecule has 2 aromatic heterocycles. The number of pyridine rings is 1. The van der Waals surface area contributed by atoms with Crippen molar-refractivity contribution in [3.8, 4) is 0 Å². The maximum Gasteiger partial charge on any atom is 0.227 e. The molecule has 28 heavy (non-hydrogen) atoms. The number of nitrogens with zero attached hydrogens (tertiary/aromatic N) is 5. The number of anilines is 1. The van der Waals surface area contributed by atoms with Crippen LogP contribution < -0.4 is 10.6 Å². The Kier molecular flexibility index (Phi) is 6.59. The van der Waals surface area contributed by atoms with E-state index in [-0.39, 0.29) is 12.0 Å². The summed E-state index contributed by atoms with van der Waals surface area (Å²) in [6, 6.07) is 5.54. The van der Waals surface area contributed by atoms with Crippen LogP contribution in [0.5, 0.6) is 0 Å². The Morgan fingerprint density at radius 2 is 2.29 bits per heavy atom. The van der Waals surface area contributed by atoms with Crippen molar-refractivity contribution in [1.82, 2.24) is 25.0 Å². The number of aliphatic imine (C=N–C) groups is 1. The maximum atomic E-state index is 12.1. The van der Waals surface area contributed by atoms with E-state index in [9.17, 15) is 4.79 Å². The Balaban J connectivity index is 1.48. The smallest absolute Gasteiger partial charge is 0.227 e. The van der Waals surface area contributed by atoms with Crippen LogP contribution in [0.1, 0.15) is 23.8 Å². The first kappa shape index (κ1) is 19.8. The number of hydrogen-bond donors (Lipinski definition) is 2. The highest BCUT2D eigenvalue weighted by Crippen LogP contribution is 2.21. The van der Waals surface area contributed by atoms with Gasteiger partial charge in [0.1, 0.15) is 11.9 Å². The molecule has 1 atom stereocenters. The fourth-order valence-corrected chi connectivity index (χ4v) is 3.09. The Hall–Kier alpha value is -2.94. The molecule has 3 heterocycles. The second kappa shape index (κ2) is 9.32. The molecule has 9 nitrogen and oxygen atoms in total. The van der Waals surface area contributed by atoms with Crippen LogP contribution in [-0.4, -0.2) is 64.8 Å². The Bertz CT molecular complexity index is 833. The molecule has 0 aromatic carbocycles. The third-order valence-electron chi connectivity index (χ3n) is 4.47. The lowest BCUT2D eigenvalue weighted by Crippen LogP contribution is -2.48. The molecule has 1 saturated heterocycles. The van der Waals surface area contributed by atoms with Gasteiger partial charge in [-0.2, -0.15) is 5.10 Å². The zero-order chi connectivity index (χ0) is 19.9. The number of aromatic nitrogens is 3. The molecule has 9 heteroatoms. The van der Waals surface area contributed by atoms with E-state index in [4.69, 9.17) is 4.74 Å². The fourth-order valence-electron chi connectivity index (χ4n) is 3.09. The molecule has 1 aliphatic rings. The van der Waals surface area contributed by atoms with Crippen LogP contribution in [0.4, 0.5) is 5.82 Å². The highest BCUT2D eigenvalue weighted by Gasteiger charge is 2.25. The summed E-state index contributed by atoms with van der Waals surface area (Å²) >= 11 is 0. The third-order valence-corrected chi connectivity index (χ3v) is 4.47. The van der Waals surface area contributed by atoms with Gasteiger partial charge in [-0.25, -0.2) is 4.98 Å². The number of carbonyl (C=O) groups excluding carboxylic acids is 1. The lowest BCUT2D eigenvalue weighted by atomic mass is 10.1. The van der Waals surface area contributed by atoms with Crippen LogP contribution in [0.2, 0.25) is 0 Å². The number of carbonyl (C=O) groups is 1. The minimum absolute atomic E-state index is 0.0447. The Morgan fingerprint density at radius 1 is 1.43 bits per heavy atom. The van der Waals surface area contributed by atoms with E-state index in [0.717, 1.165) is 23.8 Å². The predicted molar refractivity (Wildman–Crippen MR) is 107 cm³/mol. The number of aryl methyl sites for hydroxylation is 2. The van der Waals surface area contributed by atoms with E-state index >= 15 is 0 Å². The van der Waals surface area contributed by atoms with Crippen LogP contribution in [-0.2, 0) is 16.6 Å². The van der Waals surface area contributed by atoms with Gasteiger partial charge in [-0.1, -0.05) is 6.07 Å². The van der Waals surface area contributed by atoms with Crippen LogP contribution in [0.15, 0.2) is 35.6 Å². The zero-order valence-corrected chi connectivity index (χ0v) is 16.6. The van der Waals surface area contributed by atoms with Gasteiger partial charge in [0, 0.05) is 51.1 Å². The molecule has 0 saturated carbocycles. The molecule has 1 aliphatic heterocycles. The molecule has 1 fully saturated rings. The van der Waals surface area contributed by atoms with Gasteiger partial charge in [-0.3, -0.25) is 14.5 Å². The van der Waals surface area contributed by atoms with Gasteiger partial charge in [0.15, 0.2) is 5.96 Å². The quantitative estimate of drug-likeness (QED) is 0.591. The molecule has 2 aromatic rings. The number of ether oxygens (including phenoxy) is 1. The van der Waals surface area contributed by atoms with E-state index in [1.807, 2.05) is 38.5 Å². The first-order valence-corrected chi connectivity index (χ1v) is 9.34. The lowest BCUT2D eigenvalue weighted by molar-refractivity contribution is -0.116. The first-order chi connectivity index (χ1) is 13.5. The van der Waals surface area contributed by atoms with Gasteiger partial charge < -0.3 is 20.3 Å². The van der Waals surface area contributed by atoms with Gasteiger partial charge in [0.2, 0.25) is 5.91 Å². The number of guanidine groups is 1. The second-order valence-electron chi connectivity index (χ2n) is 6.69. The average Bonchev–Trinajstić information content (AvgIpc) is 3.12. The average molecular weight is 385 g/mol. The Morgan fingerprint density at radius 3 is 3.00 bits per heavy atom. The van der Waals surface area contributed by atoms with E-state index in [1.165, 1.54) is 0 Å². The maximum absolute atomic E-state index is 12.1. The van der Waals surface area contributed by atoms with Gasteiger partial charge in [-0.05, 0) is 19.1 Å². The molecule has 0 spiro atoms. The molecule has 0 bridgehead atoms. The number of morpholine rings is 1. The molecular weight excluding hydrogens is 358 g/mol. The summed E-state index contributed by atoms with van der Waals surface area (Å²) in [7, 11) is 3.63. The minimum Gasteiger partial charge on any atom is -0.370 e. The standard InChI is InChI=1S/C19H27N7O2/c1-14-5-4-6-17(23-14)24-18(27)7-8-21-19(20-2)26-9-10-28-16(13-26)15-11-22-25(3)12-15/h4-6,11-12,16H,7-10,13H2,1-3H3,(H,20,21)(H,23,24,27). The van der Waals surface area contributed by atoms with Crippen LogP contribution >= 0.6 is 0 Å². The van der Waals surface area contributed by atoms with Crippen molar-refractivity contribution in [3.05, 3.63) is 41.9 Å². The second-order valence-corrected chi connectivity index (χ2v) is 6.69. The van der Waals surface area contributed by atoms with E-state index in [2.05, 4.69) is 30.6 Å². The van der Waals surface area contributed by atoms with Gasteiger partial charge in [0.25, 0.3) is 0 Å². The Labute approximate surface area is 164 Å². The first-order valence-electron chi connectivity index (χ1n) is 9.34. The van der Waals surface area contributed by atoms with E-state index < -0.39 is 0 Å². The molecule has 1 amide bonds. The molecule has 150 valence electrons. The summed E-state index contributed by atoms with van der Waals surface area (Å²) in [5.41, 5.74) is 1.92. The molecule has 0 radical (unpaired) electrons. The summed E-state index contributed by atoms with van der Waals surface area (Å²) in [5, 5.41) is 10.3. The van der Waals surface area contributed by atoms with Gasteiger partial charge in [-0.15, -0.1) is 0 Å². The van der Waals surface area contributed by atoms with Crippen molar-refractivity contribution in [2.24, 2.45) is 12.0 Å². The summed E-state index contributed by atoms with van der Waals surface area (Å²) in [6.45, 7) is 4.42. The number of nitrogens with one attached hydrogen (secondary N) is 2. The highest BCUT2D eigenvalue weighted by molar-refractivity contribution is 5.90. The largest absolute Gasteiger partial charge is 0.370 e. The summed E-state index contributed by atoms with van der Waals surface area (Å²) < 4.78 is 7.64. The third kappa shape index (κ3) is 5.29. The number of rotatable bonds is 5. The highest BCUT2D eigenvalue weighted by atomic mass is 16.5. The molecule has 1 unspecified atom stereocenters. The van der Waals surface area contributed by atoms with E-state index in [1.54, 1.807) is 17.8 Å². The molecular formula is C19H27N7O2. The fraction of sp³-hybridized carbons (Fsp3) is 0.474. The topological polar surface area (TPSA) is 96.7 Å². The van der Waals surface area contributed by atoms with Crippen molar-refractivity contribution >= 4 is 17.7 Å². The number of hydrogen-bond acceptors (Lipinski definition) is 5. The lowest BCUT2D eigenvalue weighted by Gasteiger charge is -2.34. The van der Waals surface area contributed by atoms with Crippen LogP contribution in [0.25, 0.3) is 0 Å².